The predicted molar refractivity (Wildman–Crippen MR) is 73.2 cm³/mol. The summed E-state index contributed by atoms with van der Waals surface area (Å²) in [5.41, 5.74) is 0.117. The SMILES string of the molecule is CC(C)(C)OC(=O)CCc1cc(CO)cc(OC(F)(F)F)c1. The molecule has 1 N–H and O–H groups in total. The van der Waals surface area contributed by atoms with E-state index < -0.39 is 30.3 Å². The van der Waals surface area contributed by atoms with E-state index in [0.29, 0.717) is 5.56 Å². The van der Waals surface area contributed by atoms with Crippen LogP contribution < -0.4 is 4.74 Å². The third kappa shape index (κ3) is 7.31. The maximum absolute atomic E-state index is 12.2. The van der Waals surface area contributed by atoms with Crippen LogP contribution in [-0.2, 0) is 22.6 Å². The Morgan fingerprint density at radius 1 is 1.14 bits per heavy atom. The number of ether oxygens (including phenoxy) is 2. The van der Waals surface area contributed by atoms with Crippen LogP contribution in [0.3, 0.4) is 0 Å². The molecule has 0 amide bonds. The molecule has 0 aliphatic carbocycles. The molecule has 0 aromatic heterocycles. The Morgan fingerprint density at radius 3 is 2.23 bits per heavy atom. The molecule has 124 valence electrons. The number of esters is 1. The van der Waals surface area contributed by atoms with E-state index in [-0.39, 0.29) is 18.4 Å². The highest BCUT2D eigenvalue weighted by molar-refractivity contribution is 5.70. The molecule has 7 heteroatoms. The van der Waals surface area contributed by atoms with E-state index in [2.05, 4.69) is 4.74 Å². The lowest BCUT2D eigenvalue weighted by atomic mass is 10.1. The van der Waals surface area contributed by atoms with Gasteiger partial charge in [-0.25, -0.2) is 0 Å². The van der Waals surface area contributed by atoms with Gasteiger partial charge < -0.3 is 14.6 Å². The van der Waals surface area contributed by atoms with E-state index in [0.717, 1.165) is 6.07 Å². The minimum absolute atomic E-state index is 0.0254. The van der Waals surface area contributed by atoms with Gasteiger partial charge in [-0.05, 0) is 50.5 Å². The topological polar surface area (TPSA) is 55.8 Å². The second-order valence-electron chi connectivity index (χ2n) is 5.78. The van der Waals surface area contributed by atoms with Gasteiger partial charge in [0, 0.05) is 6.42 Å². The summed E-state index contributed by atoms with van der Waals surface area (Å²) in [6.45, 7) is 4.76. The molecule has 0 fully saturated rings. The number of rotatable bonds is 5. The average Bonchev–Trinajstić information content (AvgIpc) is 2.32. The van der Waals surface area contributed by atoms with Crippen LogP contribution in [0.2, 0.25) is 0 Å². The van der Waals surface area contributed by atoms with Gasteiger partial charge >= 0.3 is 12.3 Å². The summed E-state index contributed by atoms with van der Waals surface area (Å²) >= 11 is 0. The fourth-order valence-electron chi connectivity index (χ4n) is 1.80. The summed E-state index contributed by atoms with van der Waals surface area (Å²) in [5.74, 6) is -0.863. The summed E-state index contributed by atoms with van der Waals surface area (Å²) in [4.78, 5) is 11.6. The fourth-order valence-corrected chi connectivity index (χ4v) is 1.80. The quantitative estimate of drug-likeness (QED) is 0.845. The van der Waals surface area contributed by atoms with Crippen LogP contribution in [-0.4, -0.2) is 23.0 Å². The molecule has 0 atom stereocenters. The number of aliphatic hydroxyl groups is 1. The molecule has 4 nitrogen and oxygen atoms in total. The summed E-state index contributed by atoms with van der Waals surface area (Å²) < 4.78 is 45.7. The first-order chi connectivity index (χ1) is 9.98. The van der Waals surface area contributed by atoms with E-state index in [9.17, 15) is 18.0 Å². The lowest BCUT2D eigenvalue weighted by molar-refractivity contribution is -0.274. The van der Waals surface area contributed by atoms with Crippen LogP contribution >= 0.6 is 0 Å². The standard InChI is InChI=1S/C15H19F3O4/c1-14(2,3)22-13(20)5-4-10-6-11(9-19)8-12(7-10)21-15(16,17)18/h6-8,19H,4-5,9H2,1-3H3. The Labute approximate surface area is 126 Å². The molecule has 1 aromatic carbocycles. The highest BCUT2D eigenvalue weighted by atomic mass is 19.4. The van der Waals surface area contributed by atoms with E-state index >= 15 is 0 Å². The van der Waals surface area contributed by atoms with Gasteiger partial charge in [0.2, 0.25) is 0 Å². The molecular formula is C15H19F3O4. The van der Waals surface area contributed by atoms with Gasteiger partial charge in [-0.3, -0.25) is 4.79 Å². The molecule has 0 bridgehead atoms. The molecule has 0 saturated carbocycles. The van der Waals surface area contributed by atoms with Crippen molar-refractivity contribution < 1.29 is 32.5 Å². The van der Waals surface area contributed by atoms with Gasteiger partial charge in [0.25, 0.3) is 0 Å². The fraction of sp³-hybridized carbons (Fsp3) is 0.533. The molecule has 0 unspecified atom stereocenters. The lowest BCUT2D eigenvalue weighted by Gasteiger charge is -2.19. The zero-order valence-corrected chi connectivity index (χ0v) is 12.7. The van der Waals surface area contributed by atoms with Crippen LogP contribution in [0, 0.1) is 0 Å². The minimum atomic E-state index is -4.81. The van der Waals surface area contributed by atoms with Gasteiger partial charge in [-0.1, -0.05) is 6.07 Å². The molecule has 0 saturated heterocycles. The van der Waals surface area contributed by atoms with E-state index in [4.69, 9.17) is 9.84 Å². The normalized spacial score (nSPS) is 12.1. The average molecular weight is 320 g/mol. The summed E-state index contributed by atoms with van der Waals surface area (Å²) in [5, 5.41) is 9.09. The number of aryl methyl sites for hydroxylation is 1. The number of carbonyl (C=O) groups is 1. The number of hydrogen-bond donors (Lipinski definition) is 1. The van der Waals surface area contributed by atoms with Crippen molar-refractivity contribution in [3.8, 4) is 5.75 Å². The number of benzene rings is 1. The Kier molecular flexibility index (Phi) is 5.82. The predicted octanol–water partition coefficient (Wildman–Crippen LogP) is 3.35. The second kappa shape index (κ2) is 7.00. The highest BCUT2D eigenvalue weighted by Gasteiger charge is 2.31. The Morgan fingerprint density at radius 2 is 1.73 bits per heavy atom. The number of halogens is 3. The van der Waals surface area contributed by atoms with Gasteiger partial charge in [0.05, 0.1) is 6.61 Å². The second-order valence-corrected chi connectivity index (χ2v) is 5.78. The minimum Gasteiger partial charge on any atom is -0.460 e. The van der Waals surface area contributed by atoms with Gasteiger partial charge in [-0.15, -0.1) is 13.2 Å². The first-order valence-electron chi connectivity index (χ1n) is 6.70. The van der Waals surface area contributed by atoms with Crippen LogP contribution in [0.1, 0.15) is 38.3 Å². The largest absolute Gasteiger partial charge is 0.573 e. The third-order valence-corrected chi connectivity index (χ3v) is 2.48. The molecule has 0 aliphatic heterocycles. The van der Waals surface area contributed by atoms with Crippen LogP contribution in [0.4, 0.5) is 13.2 Å². The smallest absolute Gasteiger partial charge is 0.460 e. The maximum atomic E-state index is 12.2. The third-order valence-electron chi connectivity index (χ3n) is 2.48. The van der Waals surface area contributed by atoms with Crippen molar-refractivity contribution >= 4 is 5.97 Å². The molecular weight excluding hydrogens is 301 g/mol. The number of alkyl halides is 3. The van der Waals surface area contributed by atoms with Gasteiger partial charge in [0.15, 0.2) is 0 Å². The lowest BCUT2D eigenvalue weighted by Crippen LogP contribution is -2.24. The van der Waals surface area contributed by atoms with E-state index in [1.54, 1.807) is 20.8 Å². The molecule has 0 spiro atoms. The van der Waals surface area contributed by atoms with E-state index in [1.807, 2.05) is 0 Å². The zero-order valence-electron chi connectivity index (χ0n) is 12.7. The Bertz CT molecular complexity index is 518. The van der Waals surface area contributed by atoms with E-state index in [1.165, 1.54) is 12.1 Å². The van der Waals surface area contributed by atoms with Crippen molar-refractivity contribution in [1.29, 1.82) is 0 Å². The monoisotopic (exact) mass is 320 g/mol. The van der Waals surface area contributed by atoms with Crippen molar-refractivity contribution in [2.75, 3.05) is 0 Å². The van der Waals surface area contributed by atoms with Gasteiger partial charge in [-0.2, -0.15) is 0 Å². The van der Waals surface area contributed by atoms with Crippen LogP contribution in [0.15, 0.2) is 18.2 Å². The Hall–Kier alpha value is -1.76. The Balaban J connectivity index is 2.77. The van der Waals surface area contributed by atoms with Crippen molar-refractivity contribution in [2.45, 2.75) is 52.2 Å². The van der Waals surface area contributed by atoms with Crippen molar-refractivity contribution in [1.82, 2.24) is 0 Å². The number of carbonyl (C=O) groups excluding carboxylic acids is 1. The summed E-state index contributed by atoms with van der Waals surface area (Å²) in [6, 6.07) is 3.81. The van der Waals surface area contributed by atoms with Gasteiger partial charge in [0.1, 0.15) is 11.4 Å². The first-order valence-corrected chi connectivity index (χ1v) is 6.70. The molecule has 1 aromatic rings. The van der Waals surface area contributed by atoms with Crippen LogP contribution in [0.5, 0.6) is 5.75 Å². The van der Waals surface area contributed by atoms with Crippen LogP contribution in [0.25, 0.3) is 0 Å². The molecule has 0 aliphatic rings. The molecule has 0 radical (unpaired) electrons. The van der Waals surface area contributed by atoms with Crippen molar-refractivity contribution in [3.63, 3.8) is 0 Å². The zero-order chi connectivity index (χ0) is 17.0. The summed E-state index contributed by atoms with van der Waals surface area (Å²) in [6.07, 6.45) is -4.59. The number of aliphatic hydroxyl groups excluding tert-OH is 1. The summed E-state index contributed by atoms with van der Waals surface area (Å²) in [7, 11) is 0. The highest BCUT2D eigenvalue weighted by Crippen LogP contribution is 2.26. The molecule has 1 rings (SSSR count). The molecule has 0 heterocycles. The number of hydrogen-bond acceptors (Lipinski definition) is 4. The first kappa shape index (κ1) is 18.3. The maximum Gasteiger partial charge on any atom is 0.573 e. The molecule has 22 heavy (non-hydrogen) atoms. The van der Waals surface area contributed by atoms with Crippen molar-refractivity contribution in [3.05, 3.63) is 29.3 Å². The van der Waals surface area contributed by atoms with Crippen molar-refractivity contribution in [2.24, 2.45) is 0 Å².